The summed E-state index contributed by atoms with van der Waals surface area (Å²) in [6.45, 7) is 3.95. The molecule has 3 aromatic rings. The molecule has 3 rings (SSSR count). The number of hydrogen-bond acceptors (Lipinski definition) is 3. The molecule has 27 heavy (non-hydrogen) atoms. The van der Waals surface area contributed by atoms with Crippen LogP contribution in [-0.4, -0.2) is 22.0 Å². The number of furan rings is 1. The number of unbranched alkanes of at least 4 members (excludes halogenated alkanes) is 4. The average Bonchev–Trinajstić information content (AvgIpc) is 3.33. The molecule has 0 aliphatic heterocycles. The van der Waals surface area contributed by atoms with Gasteiger partial charge in [0, 0.05) is 19.5 Å². The molecule has 0 fully saturated rings. The summed E-state index contributed by atoms with van der Waals surface area (Å²) in [6.07, 6.45) is 9.27. The second kappa shape index (κ2) is 9.95. The zero-order valence-corrected chi connectivity index (χ0v) is 16.1. The minimum atomic E-state index is -0.141. The lowest BCUT2D eigenvalue weighted by Gasteiger charge is -2.09. The van der Waals surface area contributed by atoms with Gasteiger partial charge in [-0.25, -0.2) is 4.98 Å². The quantitative estimate of drug-likeness (QED) is 0.487. The van der Waals surface area contributed by atoms with E-state index in [9.17, 15) is 4.79 Å². The maximum atomic E-state index is 11.8. The maximum absolute atomic E-state index is 11.8. The van der Waals surface area contributed by atoms with Gasteiger partial charge in [-0.3, -0.25) is 4.79 Å². The van der Waals surface area contributed by atoms with Crippen molar-refractivity contribution in [1.29, 1.82) is 0 Å². The van der Waals surface area contributed by atoms with Crippen LogP contribution in [0.2, 0.25) is 0 Å². The number of rotatable bonds is 11. The molecule has 2 heterocycles. The number of carbonyl (C=O) groups excluding carboxylic acids is 1. The first-order valence-electron chi connectivity index (χ1n) is 10.1. The van der Waals surface area contributed by atoms with Gasteiger partial charge in [-0.1, -0.05) is 38.3 Å². The molecule has 0 radical (unpaired) electrons. The van der Waals surface area contributed by atoms with Crippen molar-refractivity contribution in [3.8, 4) is 0 Å². The predicted octanol–water partition coefficient (Wildman–Crippen LogP) is 4.96. The third kappa shape index (κ3) is 5.22. The second-order valence-corrected chi connectivity index (χ2v) is 6.92. The van der Waals surface area contributed by atoms with Crippen LogP contribution < -0.4 is 5.32 Å². The highest BCUT2D eigenvalue weighted by Crippen LogP contribution is 2.19. The molecule has 144 valence electrons. The molecule has 2 aromatic heterocycles. The molecule has 0 aliphatic rings. The molecule has 0 spiro atoms. The van der Waals surface area contributed by atoms with Crippen LogP contribution in [0, 0.1) is 0 Å². The minimum Gasteiger partial charge on any atom is -0.459 e. The van der Waals surface area contributed by atoms with Crippen LogP contribution in [0.1, 0.15) is 61.8 Å². The van der Waals surface area contributed by atoms with E-state index in [1.807, 2.05) is 0 Å². The zero-order chi connectivity index (χ0) is 18.9. The molecule has 1 N–H and O–H groups in total. The van der Waals surface area contributed by atoms with Gasteiger partial charge in [0.05, 0.1) is 17.3 Å². The summed E-state index contributed by atoms with van der Waals surface area (Å²) >= 11 is 0. The Balaban J connectivity index is 1.46. The topological polar surface area (TPSA) is 60.1 Å². The van der Waals surface area contributed by atoms with E-state index >= 15 is 0 Å². The summed E-state index contributed by atoms with van der Waals surface area (Å²) < 4.78 is 7.48. The summed E-state index contributed by atoms with van der Waals surface area (Å²) in [4.78, 5) is 16.7. The Kier molecular flexibility index (Phi) is 7.08. The van der Waals surface area contributed by atoms with Gasteiger partial charge in [-0.15, -0.1) is 0 Å². The van der Waals surface area contributed by atoms with Crippen LogP contribution >= 0.6 is 0 Å². The standard InChI is InChI=1S/C22H29N3O2/c1-2-3-9-16-25-19-12-7-6-11-18(19)24-21(25)14-5-4-8-15-23-22(26)20-13-10-17-27-20/h6-7,10-13,17H,2-5,8-9,14-16H2,1H3,(H,23,26). The van der Waals surface area contributed by atoms with E-state index < -0.39 is 0 Å². The average molecular weight is 367 g/mol. The number of nitrogens with one attached hydrogen (secondary N) is 1. The number of carbonyl (C=O) groups is 1. The number of fused-ring (bicyclic) bond motifs is 1. The molecule has 0 saturated carbocycles. The Labute approximate surface area is 160 Å². The number of aryl methyl sites for hydroxylation is 2. The van der Waals surface area contributed by atoms with Crippen molar-refractivity contribution in [3.05, 3.63) is 54.2 Å². The third-order valence-electron chi connectivity index (χ3n) is 4.83. The Bertz CT molecular complexity index is 836. The summed E-state index contributed by atoms with van der Waals surface area (Å²) in [5.74, 6) is 1.42. The number of nitrogens with zero attached hydrogens (tertiary/aromatic N) is 2. The minimum absolute atomic E-state index is 0.141. The van der Waals surface area contributed by atoms with Crippen molar-refractivity contribution in [3.63, 3.8) is 0 Å². The smallest absolute Gasteiger partial charge is 0.286 e. The number of imidazole rings is 1. The molecular weight excluding hydrogens is 338 g/mol. The largest absolute Gasteiger partial charge is 0.459 e. The van der Waals surface area contributed by atoms with Crippen LogP contribution in [0.3, 0.4) is 0 Å². The second-order valence-electron chi connectivity index (χ2n) is 6.92. The molecule has 1 aromatic carbocycles. The first kappa shape index (κ1) is 19.2. The van der Waals surface area contributed by atoms with Crippen LogP contribution in [-0.2, 0) is 13.0 Å². The number of benzene rings is 1. The van der Waals surface area contributed by atoms with Gasteiger partial charge in [-0.05, 0) is 43.5 Å². The van der Waals surface area contributed by atoms with E-state index in [-0.39, 0.29) is 5.91 Å². The highest BCUT2D eigenvalue weighted by atomic mass is 16.3. The molecule has 0 aliphatic carbocycles. The normalized spacial score (nSPS) is 11.1. The van der Waals surface area contributed by atoms with Gasteiger partial charge in [-0.2, -0.15) is 0 Å². The van der Waals surface area contributed by atoms with Crippen LogP contribution in [0.4, 0.5) is 0 Å². The number of aromatic nitrogens is 2. The van der Waals surface area contributed by atoms with E-state index in [0.717, 1.165) is 37.7 Å². The van der Waals surface area contributed by atoms with E-state index in [1.54, 1.807) is 12.1 Å². The number of para-hydroxylation sites is 2. The van der Waals surface area contributed by atoms with Crippen molar-refractivity contribution < 1.29 is 9.21 Å². The Morgan fingerprint density at radius 1 is 1.07 bits per heavy atom. The molecular formula is C22H29N3O2. The highest BCUT2D eigenvalue weighted by molar-refractivity contribution is 5.91. The van der Waals surface area contributed by atoms with Crippen LogP contribution in [0.15, 0.2) is 47.1 Å². The summed E-state index contributed by atoms with van der Waals surface area (Å²) in [7, 11) is 0. The fraction of sp³-hybridized carbons (Fsp3) is 0.455. The maximum Gasteiger partial charge on any atom is 0.286 e. The lowest BCUT2D eigenvalue weighted by molar-refractivity contribution is 0.0925. The fourth-order valence-corrected chi connectivity index (χ4v) is 3.37. The van der Waals surface area contributed by atoms with Crippen molar-refractivity contribution in [1.82, 2.24) is 14.9 Å². The van der Waals surface area contributed by atoms with Crippen molar-refractivity contribution in [2.75, 3.05) is 6.54 Å². The van der Waals surface area contributed by atoms with Crippen molar-refractivity contribution >= 4 is 16.9 Å². The Morgan fingerprint density at radius 2 is 1.96 bits per heavy atom. The molecule has 1 amide bonds. The third-order valence-corrected chi connectivity index (χ3v) is 4.83. The molecule has 0 saturated heterocycles. The van der Waals surface area contributed by atoms with Gasteiger partial charge < -0.3 is 14.3 Å². The summed E-state index contributed by atoms with van der Waals surface area (Å²) in [6, 6.07) is 11.8. The summed E-state index contributed by atoms with van der Waals surface area (Å²) in [5, 5.41) is 2.90. The Morgan fingerprint density at radius 3 is 2.78 bits per heavy atom. The molecule has 0 atom stereocenters. The first-order chi connectivity index (χ1) is 13.3. The van der Waals surface area contributed by atoms with Gasteiger partial charge >= 0.3 is 0 Å². The van der Waals surface area contributed by atoms with Crippen molar-refractivity contribution in [2.45, 2.75) is 58.4 Å². The molecule has 0 bridgehead atoms. The van der Waals surface area contributed by atoms with E-state index in [4.69, 9.17) is 9.40 Å². The fourth-order valence-electron chi connectivity index (χ4n) is 3.37. The van der Waals surface area contributed by atoms with Gasteiger partial charge in [0.15, 0.2) is 5.76 Å². The van der Waals surface area contributed by atoms with Gasteiger partial charge in [0.25, 0.3) is 5.91 Å². The van der Waals surface area contributed by atoms with Gasteiger partial charge in [0.2, 0.25) is 0 Å². The highest BCUT2D eigenvalue weighted by Gasteiger charge is 2.10. The molecule has 0 unspecified atom stereocenters. The van der Waals surface area contributed by atoms with Gasteiger partial charge in [0.1, 0.15) is 5.82 Å². The van der Waals surface area contributed by atoms with Crippen LogP contribution in [0.25, 0.3) is 11.0 Å². The van der Waals surface area contributed by atoms with E-state index in [2.05, 4.69) is 41.1 Å². The van der Waals surface area contributed by atoms with E-state index in [1.165, 1.54) is 36.9 Å². The SMILES string of the molecule is CCCCCn1c(CCCCCNC(=O)c2ccco2)nc2ccccc21. The summed E-state index contributed by atoms with van der Waals surface area (Å²) in [5.41, 5.74) is 2.34. The first-order valence-corrected chi connectivity index (χ1v) is 10.1. The number of amides is 1. The Hall–Kier alpha value is -2.56. The predicted molar refractivity (Wildman–Crippen MR) is 108 cm³/mol. The lowest BCUT2D eigenvalue weighted by Crippen LogP contribution is -2.23. The van der Waals surface area contributed by atoms with Crippen LogP contribution in [0.5, 0.6) is 0 Å². The monoisotopic (exact) mass is 367 g/mol. The lowest BCUT2D eigenvalue weighted by atomic mass is 10.2. The van der Waals surface area contributed by atoms with Crippen molar-refractivity contribution in [2.24, 2.45) is 0 Å². The molecule has 5 nitrogen and oxygen atoms in total. The number of hydrogen-bond donors (Lipinski definition) is 1. The van der Waals surface area contributed by atoms with E-state index in [0.29, 0.717) is 12.3 Å². The zero-order valence-electron chi connectivity index (χ0n) is 16.1. The molecule has 5 heteroatoms.